The molecule has 4 atom stereocenters. The predicted octanol–water partition coefficient (Wildman–Crippen LogP) is 0.592. The monoisotopic (exact) mass is 519 g/mol. The van der Waals surface area contributed by atoms with Gasteiger partial charge in [0.1, 0.15) is 29.2 Å². The van der Waals surface area contributed by atoms with Crippen molar-refractivity contribution in [1.29, 1.82) is 0 Å². The second kappa shape index (κ2) is 8.14. The van der Waals surface area contributed by atoms with Gasteiger partial charge in [-0.15, -0.1) is 0 Å². The summed E-state index contributed by atoms with van der Waals surface area (Å²) in [6.07, 6.45) is 4.79. The molecular formula is C26H29N7O5. The highest BCUT2D eigenvalue weighted by Gasteiger charge is 2.92. The Labute approximate surface area is 218 Å². The van der Waals surface area contributed by atoms with Crippen molar-refractivity contribution >= 4 is 28.8 Å². The molecule has 4 N–H and O–H groups in total. The SMILES string of the molecule is CN(CC=CCN1C(=O)c2ccccc2C1=O)C[C@H]1O[C@@H](n2cnc3c(N)ncnc32)[C@@]2(O)C(C)(C)[C@@]12O. The molecule has 0 radical (unpaired) electrons. The summed E-state index contributed by atoms with van der Waals surface area (Å²) in [4.78, 5) is 40.7. The number of carbonyl (C=O) groups is 2. The van der Waals surface area contributed by atoms with Crippen molar-refractivity contribution in [2.75, 3.05) is 32.4 Å². The van der Waals surface area contributed by atoms with Crippen molar-refractivity contribution in [2.24, 2.45) is 5.41 Å². The minimum Gasteiger partial charge on any atom is -0.383 e. The van der Waals surface area contributed by atoms with Gasteiger partial charge in [0.2, 0.25) is 0 Å². The van der Waals surface area contributed by atoms with Crippen molar-refractivity contribution < 1.29 is 24.5 Å². The number of fused-ring (bicyclic) bond motifs is 3. The van der Waals surface area contributed by atoms with Gasteiger partial charge in [-0.3, -0.25) is 19.1 Å². The van der Waals surface area contributed by atoms with Gasteiger partial charge >= 0.3 is 0 Å². The standard InChI is InChI=1S/C26H29N7O5/c1-24(2)25(36)17(38-23(26(24,25)37)33-14-30-18-19(27)28-13-29-20(18)33)12-31(3)10-6-7-11-32-21(34)15-8-4-5-9-16(15)22(32)35/h4-9,13-14,17,23,36-37H,10-12H2,1-3H3,(H2,27,28,29)/t17-,23-,25+,26-/m1/s1. The Bertz CT molecular complexity index is 1470. The summed E-state index contributed by atoms with van der Waals surface area (Å²) in [7, 11) is 1.86. The molecule has 2 aliphatic heterocycles. The number of nitrogens with zero attached hydrogens (tertiary/aromatic N) is 6. The number of imidazole rings is 1. The number of anilines is 1. The highest BCUT2D eigenvalue weighted by Crippen LogP contribution is 2.75. The molecule has 2 aromatic heterocycles. The summed E-state index contributed by atoms with van der Waals surface area (Å²) in [5.74, 6) is -0.385. The number of imide groups is 1. The van der Waals surface area contributed by atoms with Crippen molar-refractivity contribution in [3.63, 3.8) is 0 Å². The van der Waals surface area contributed by atoms with E-state index >= 15 is 0 Å². The lowest BCUT2D eigenvalue weighted by Gasteiger charge is -2.30. The van der Waals surface area contributed by atoms with Crippen LogP contribution in [-0.2, 0) is 4.74 Å². The summed E-state index contributed by atoms with van der Waals surface area (Å²) in [5, 5.41) is 23.3. The van der Waals surface area contributed by atoms with Crippen molar-refractivity contribution in [2.45, 2.75) is 37.4 Å². The molecule has 38 heavy (non-hydrogen) atoms. The van der Waals surface area contributed by atoms with E-state index in [0.29, 0.717) is 35.4 Å². The fraction of sp³-hybridized carbons (Fsp3) is 0.423. The van der Waals surface area contributed by atoms with Gasteiger partial charge in [0.05, 0.1) is 17.5 Å². The Morgan fingerprint density at radius 3 is 2.45 bits per heavy atom. The number of hydrogen-bond acceptors (Lipinski definition) is 10. The molecule has 12 heteroatoms. The molecule has 3 aromatic rings. The van der Waals surface area contributed by atoms with Gasteiger partial charge in [0.25, 0.3) is 11.8 Å². The lowest BCUT2D eigenvalue weighted by atomic mass is 10.0. The van der Waals surface area contributed by atoms with E-state index in [4.69, 9.17) is 10.5 Å². The average Bonchev–Trinajstić information content (AvgIpc) is 3.33. The highest BCUT2D eigenvalue weighted by molar-refractivity contribution is 6.21. The fourth-order valence-electron chi connectivity index (χ4n) is 6.07. The molecule has 2 fully saturated rings. The van der Waals surface area contributed by atoms with E-state index in [2.05, 4.69) is 15.0 Å². The molecule has 12 nitrogen and oxygen atoms in total. The third-order valence-electron chi connectivity index (χ3n) is 8.41. The van der Waals surface area contributed by atoms with Gasteiger partial charge in [0.15, 0.2) is 17.7 Å². The zero-order chi connectivity index (χ0) is 27.0. The quantitative estimate of drug-likeness (QED) is 0.298. The minimum atomic E-state index is -1.57. The van der Waals surface area contributed by atoms with E-state index in [1.165, 1.54) is 17.6 Å². The summed E-state index contributed by atoms with van der Waals surface area (Å²) >= 11 is 0. The molecule has 4 heterocycles. The van der Waals surface area contributed by atoms with Crippen LogP contribution in [0.2, 0.25) is 0 Å². The molecule has 1 aliphatic carbocycles. The maximum absolute atomic E-state index is 12.5. The number of benzene rings is 1. The Morgan fingerprint density at radius 1 is 1.08 bits per heavy atom. The van der Waals surface area contributed by atoms with Gasteiger partial charge in [-0.1, -0.05) is 38.1 Å². The molecule has 0 unspecified atom stereocenters. The predicted molar refractivity (Wildman–Crippen MR) is 136 cm³/mol. The molecule has 0 spiro atoms. The van der Waals surface area contributed by atoms with Crippen LogP contribution in [0.5, 0.6) is 0 Å². The van der Waals surface area contributed by atoms with Crippen LogP contribution in [0, 0.1) is 5.41 Å². The molecule has 2 amide bonds. The molecule has 1 saturated heterocycles. The van der Waals surface area contributed by atoms with Crippen LogP contribution in [0.1, 0.15) is 40.8 Å². The normalized spacial score (nSPS) is 29.6. The summed E-state index contributed by atoms with van der Waals surface area (Å²) in [5.41, 5.74) is 3.64. The van der Waals surface area contributed by atoms with E-state index in [0.717, 1.165) is 0 Å². The second-order valence-electron chi connectivity index (χ2n) is 10.7. The number of aliphatic hydroxyl groups is 2. The van der Waals surface area contributed by atoms with Crippen LogP contribution in [-0.4, -0.2) is 95.3 Å². The summed E-state index contributed by atoms with van der Waals surface area (Å²) < 4.78 is 7.83. The van der Waals surface area contributed by atoms with Gasteiger partial charge in [-0.25, -0.2) is 15.0 Å². The third kappa shape index (κ3) is 3.02. The number of nitrogens with two attached hydrogens (primary N) is 1. The molecule has 0 bridgehead atoms. The average molecular weight is 520 g/mol. The van der Waals surface area contributed by atoms with Crippen LogP contribution < -0.4 is 5.73 Å². The number of amides is 2. The lowest BCUT2D eigenvalue weighted by Crippen LogP contribution is -2.42. The first-order valence-corrected chi connectivity index (χ1v) is 12.4. The van der Waals surface area contributed by atoms with E-state index in [1.54, 1.807) is 48.8 Å². The van der Waals surface area contributed by atoms with E-state index in [9.17, 15) is 19.8 Å². The lowest BCUT2D eigenvalue weighted by molar-refractivity contribution is -0.116. The number of aromatic nitrogens is 4. The molecule has 198 valence electrons. The number of likely N-dealkylation sites (N-methyl/N-ethyl adjacent to an activating group) is 1. The zero-order valence-electron chi connectivity index (χ0n) is 21.3. The van der Waals surface area contributed by atoms with Crippen LogP contribution in [0.15, 0.2) is 49.1 Å². The summed E-state index contributed by atoms with van der Waals surface area (Å²) in [6.45, 7) is 4.57. The molecule has 1 saturated carbocycles. The van der Waals surface area contributed by atoms with Gasteiger partial charge in [0, 0.05) is 25.0 Å². The Balaban J connectivity index is 1.14. The van der Waals surface area contributed by atoms with Gasteiger partial charge in [-0.2, -0.15) is 0 Å². The first-order chi connectivity index (χ1) is 18.0. The Morgan fingerprint density at radius 2 is 1.76 bits per heavy atom. The van der Waals surface area contributed by atoms with E-state index in [1.807, 2.05) is 18.0 Å². The van der Waals surface area contributed by atoms with E-state index < -0.39 is 28.9 Å². The molecule has 3 aliphatic rings. The number of rotatable bonds is 7. The highest BCUT2D eigenvalue weighted by atomic mass is 16.6. The number of carbonyl (C=O) groups excluding carboxylic acids is 2. The maximum atomic E-state index is 12.5. The van der Waals surface area contributed by atoms with Crippen LogP contribution in [0.25, 0.3) is 11.2 Å². The van der Waals surface area contributed by atoms with Crippen LogP contribution in [0.4, 0.5) is 5.82 Å². The zero-order valence-corrected chi connectivity index (χ0v) is 21.3. The number of ether oxygens (including phenoxy) is 1. The Hall–Kier alpha value is -3.71. The smallest absolute Gasteiger partial charge is 0.261 e. The molecule has 1 aromatic carbocycles. The first-order valence-electron chi connectivity index (χ1n) is 12.4. The van der Waals surface area contributed by atoms with Crippen molar-refractivity contribution in [3.8, 4) is 0 Å². The minimum absolute atomic E-state index is 0.164. The number of nitrogen functional groups attached to an aromatic ring is 1. The van der Waals surface area contributed by atoms with E-state index in [-0.39, 0.29) is 24.2 Å². The van der Waals surface area contributed by atoms with Crippen LogP contribution >= 0.6 is 0 Å². The van der Waals surface area contributed by atoms with Crippen molar-refractivity contribution in [3.05, 3.63) is 60.2 Å². The molecule has 6 rings (SSSR count). The van der Waals surface area contributed by atoms with Gasteiger partial charge < -0.3 is 25.6 Å². The third-order valence-corrected chi connectivity index (χ3v) is 8.41. The second-order valence-corrected chi connectivity index (χ2v) is 10.7. The molecular weight excluding hydrogens is 490 g/mol. The van der Waals surface area contributed by atoms with Crippen molar-refractivity contribution in [1.82, 2.24) is 29.3 Å². The van der Waals surface area contributed by atoms with Gasteiger partial charge in [-0.05, 0) is 19.2 Å². The number of hydrogen-bond donors (Lipinski definition) is 3. The maximum Gasteiger partial charge on any atom is 0.261 e. The van der Waals surface area contributed by atoms with Crippen LogP contribution in [0.3, 0.4) is 0 Å². The largest absolute Gasteiger partial charge is 0.383 e. The summed E-state index contributed by atoms with van der Waals surface area (Å²) in [6, 6.07) is 6.79. The Kier molecular flexibility index (Phi) is 5.27. The topological polar surface area (TPSA) is 160 Å². The fourth-order valence-corrected chi connectivity index (χ4v) is 6.07. The first kappa shape index (κ1) is 24.6.